The zero-order valence-electron chi connectivity index (χ0n) is 12.9. The van der Waals surface area contributed by atoms with Crippen molar-refractivity contribution in [1.82, 2.24) is 10.2 Å². The highest BCUT2D eigenvalue weighted by atomic mass is 16.3. The quantitative estimate of drug-likeness (QED) is 0.894. The van der Waals surface area contributed by atoms with Crippen LogP contribution in [0.3, 0.4) is 0 Å². The molecule has 1 saturated heterocycles. The Labute approximate surface area is 128 Å². The molecule has 1 saturated carbocycles. The molecule has 3 nitrogen and oxygen atoms in total. The van der Waals surface area contributed by atoms with Crippen molar-refractivity contribution in [2.75, 3.05) is 13.1 Å². The lowest BCUT2D eigenvalue weighted by atomic mass is 9.91. The van der Waals surface area contributed by atoms with Gasteiger partial charge in [-0.1, -0.05) is 30.3 Å². The summed E-state index contributed by atoms with van der Waals surface area (Å²) in [4.78, 5) is 2.57. The van der Waals surface area contributed by atoms with Gasteiger partial charge in [0.05, 0.1) is 6.10 Å². The summed E-state index contributed by atoms with van der Waals surface area (Å²) in [6.45, 7) is 3.41. The number of hydrogen-bond donors (Lipinski definition) is 2. The summed E-state index contributed by atoms with van der Waals surface area (Å²) in [5, 5.41) is 13.6. The van der Waals surface area contributed by atoms with Gasteiger partial charge in [-0.15, -0.1) is 0 Å². The summed E-state index contributed by atoms with van der Waals surface area (Å²) in [6.07, 6.45) is 6.79. The lowest BCUT2D eigenvalue weighted by Gasteiger charge is -2.37. The van der Waals surface area contributed by atoms with E-state index < -0.39 is 0 Å². The van der Waals surface area contributed by atoms with Gasteiger partial charge in [0.2, 0.25) is 0 Å². The van der Waals surface area contributed by atoms with Crippen LogP contribution in [0.25, 0.3) is 0 Å². The molecule has 1 heterocycles. The molecule has 1 aliphatic heterocycles. The molecule has 2 N–H and O–H groups in total. The first kappa shape index (κ1) is 15.0. The monoisotopic (exact) mass is 288 g/mol. The van der Waals surface area contributed by atoms with Crippen LogP contribution >= 0.6 is 0 Å². The van der Waals surface area contributed by atoms with Crippen LogP contribution in [-0.2, 0) is 6.54 Å². The summed E-state index contributed by atoms with van der Waals surface area (Å²) >= 11 is 0. The van der Waals surface area contributed by atoms with E-state index in [4.69, 9.17) is 0 Å². The molecule has 1 aliphatic carbocycles. The minimum atomic E-state index is -0.0831. The Kier molecular flexibility index (Phi) is 5.28. The topological polar surface area (TPSA) is 35.5 Å². The molecule has 0 bridgehead atoms. The molecule has 0 spiro atoms. The van der Waals surface area contributed by atoms with Gasteiger partial charge in [0.1, 0.15) is 0 Å². The number of aliphatic hydroxyl groups is 1. The van der Waals surface area contributed by atoms with Gasteiger partial charge in [-0.05, 0) is 50.6 Å². The van der Waals surface area contributed by atoms with Crippen LogP contribution in [-0.4, -0.2) is 41.3 Å². The summed E-state index contributed by atoms with van der Waals surface area (Å²) in [6, 6.07) is 11.9. The van der Waals surface area contributed by atoms with Gasteiger partial charge in [0.15, 0.2) is 0 Å². The number of benzene rings is 1. The minimum absolute atomic E-state index is 0.0831. The average molecular weight is 288 g/mol. The van der Waals surface area contributed by atoms with Gasteiger partial charge in [-0.2, -0.15) is 0 Å². The van der Waals surface area contributed by atoms with E-state index in [1.807, 2.05) is 0 Å². The van der Waals surface area contributed by atoms with Crippen LogP contribution in [0.1, 0.15) is 44.1 Å². The van der Waals surface area contributed by atoms with Crippen LogP contribution in [0.15, 0.2) is 30.3 Å². The van der Waals surface area contributed by atoms with E-state index in [0.717, 1.165) is 25.9 Å². The van der Waals surface area contributed by atoms with Crippen molar-refractivity contribution < 1.29 is 5.11 Å². The van der Waals surface area contributed by atoms with Crippen LogP contribution in [0, 0.1) is 0 Å². The van der Waals surface area contributed by atoms with E-state index in [2.05, 4.69) is 40.5 Å². The molecule has 3 atom stereocenters. The van der Waals surface area contributed by atoms with Crippen molar-refractivity contribution in [2.24, 2.45) is 0 Å². The Hall–Kier alpha value is -0.900. The highest BCUT2D eigenvalue weighted by molar-refractivity contribution is 5.14. The maximum Gasteiger partial charge on any atom is 0.0555 e. The number of nitrogens with zero attached hydrogens (tertiary/aromatic N) is 1. The average Bonchev–Trinajstić information content (AvgIpc) is 2.49. The fourth-order valence-corrected chi connectivity index (χ4v) is 3.83. The zero-order valence-corrected chi connectivity index (χ0v) is 12.9. The fourth-order valence-electron chi connectivity index (χ4n) is 3.83. The number of rotatable bonds is 4. The molecule has 2 aliphatic rings. The summed E-state index contributed by atoms with van der Waals surface area (Å²) in [5.41, 5.74) is 1.41. The van der Waals surface area contributed by atoms with Gasteiger partial charge >= 0.3 is 0 Å². The van der Waals surface area contributed by atoms with E-state index in [-0.39, 0.29) is 6.10 Å². The first-order valence-corrected chi connectivity index (χ1v) is 8.50. The Morgan fingerprint density at radius 3 is 2.67 bits per heavy atom. The summed E-state index contributed by atoms with van der Waals surface area (Å²) < 4.78 is 0. The Balaban J connectivity index is 1.49. The van der Waals surface area contributed by atoms with Crippen LogP contribution in [0.4, 0.5) is 0 Å². The van der Waals surface area contributed by atoms with Crippen LogP contribution in [0.5, 0.6) is 0 Å². The Morgan fingerprint density at radius 1 is 1.05 bits per heavy atom. The van der Waals surface area contributed by atoms with Crippen molar-refractivity contribution in [2.45, 2.75) is 63.3 Å². The molecule has 116 valence electrons. The number of nitrogens with one attached hydrogen (secondary N) is 1. The minimum Gasteiger partial charge on any atom is -0.393 e. The molecule has 2 fully saturated rings. The fraction of sp³-hybridized carbons (Fsp3) is 0.667. The summed E-state index contributed by atoms with van der Waals surface area (Å²) in [7, 11) is 0. The molecule has 0 aromatic heterocycles. The van der Waals surface area contributed by atoms with Crippen molar-refractivity contribution in [3.05, 3.63) is 35.9 Å². The third-order valence-corrected chi connectivity index (χ3v) is 4.87. The standard InChI is InChI=1S/C18H28N2O/c21-18-10-4-8-16(12-18)19-17-9-5-11-20(14-17)13-15-6-2-1-3-7-15/h1-3,6-7,16-19,21H,4-5,8-14H2. The van der Waals surface area contributed by atoms with E-state index >= 15 is 0 Å². The maximum atomic E-state index is 9.81. The molecule has 1 aromatic rings. The Bertz CT molecular complexity index is 422. The SMILES string of the molecule is OC1CCCC(NC2CCCN(Cc3ccccc3)C2)C1. The lowest BCUT2D eigenvalue weighted by molar-refractivity contribution is 0.0993. The normalized spacial score (nSPS) is 31.2. The van der Waals surface area contributed by atoms with Crippen molar-refractivity contribution in [3.63, 3.8) is 0 Å². The van der Waals surface area contributed by atoms with Gasteiger partial charge < -0.3 is 10.4 Å². The number of likely N-dealkylation sites (tertiary alicyclic amines) is 1. The predicted octanol–water partition coefficient (Wildman–Crippen LogP) is 2.54. The van der Waals surface area contributed by atoms with Crippen molar-refractivity contribution >= 4 is 0 Å². The second-order valence-electron chi connectivity index (χ2n) is 6.74. The van der Waals surface area contributed by atoms with E-state index in [1.54, 1.807) is 0 Å². The highest BCUT2D eigenvalue weighted by Crippen LogP contribution is 2.21. The third kappa shape index (κ3) is 4.53. The van der Waals surface area contributed by atoms with Crippen LogP contribution in [0.2, 0.25) is 0 Å². The molecular weight excluding hydrogens is 260 g/mol. The van der Waals surface area contributed by atoms with Crippen molar-refractivity contribution in [3.8, 4) is 0 Å². The van der Waals surface area contributed by atoms with Crippen molar-refractivity contribution in [1.29, 1.82) is 0 Å². The second-order valence-corrected chi connectivity index (χ2v) is 6.74. The largest absolute Gasteiger partial charge is 0.393 e. The van der Waals surface area contributed by atoms with Gasteiger partial charge in [0, 0.05) is 25.2 Å². The molecule has 1 aromatic carbocycles. The number of hydrogen-bond acceptors (Lipinski definition) is 3. The van der Waals surface area contributed by atoms with Gasteiger partial charge in [0.25, 0.3) is 0 Å². The molecule has 0 amide bonds. The molecular formula is C18H28N2O. The molecule has 3 unspecified atom stereocenters. The second kappa shape index (κ2) is 7.39. The van der Waals surface area contributed by atoms with E-state index in [1.165, 1.54) is 37.8 Å². The number of aliphatic hydroxyl groups excluding tert-OH is 1. The van der Waals surface area contributed by atoms with Crippen LogP contribution < -0.4 is 5.32 Å². The first-order valence-electron chi connectivity index (χ1n) is 8.50. The van der Waals surface area contributed by atoms with E-state index in [0.29, 0.717) is 12.1 Å². The van der Waals surface area contributed by atoms with E-state index in [9.17, 15) is 5.11 Å². The predicted molar refractivity (Wildman–Crippen MR) is 86.1 cm³/mol. The first-order chi connectivity index (χ1) is 10.3. The van der Waals surface area contributed by atoms with Gasteiger partial charge in [-0.3, -0.25) is 4.90 Å². The smallest absolute Gasteiger partial charge is 0.0555 e. The lowest BCUT2D eigenvalue weighted by Crippen LogP contribution is -2.50. The zero-order chi connectivity index (χ0) is 14.5. The highest BCUT2D eigenvalue weighted by Gasteiger charge is 2.25. The third-order valence-electron chi connectivity index (χ3n) is 4.87. The molecule has 3 rings (SSSR count). The van der Waals surface area contributed by atoms with Gasteiger partial charge in [-0.25, -0.2) is 0 Å². The molecule has 3 heteroatoms. The summed E-state index contributed by atoms with van der Waals surface area (Å²) in [5.74, 6) is 0. The maximum absolute atomic E-state index is 9.81. The number of piperidine rings is 1. The molecule has 21 heavy (non-hydrogen) atoms. The Morgan fingerprint density at radius 2 is 1.86 bits per heavy atom. The molecule has 0 radical (unpaired) electrons.